The second-order valence-corrected chi connectivity index (χ2v) is 5.35. The van der Waals surface area contributed by atoms with Crippen molar-refractivity contribution in [1.29, 1.82) is 0 Å². The van der Waals surface area contributed by atoms with Crippen molar-refractivity contribution in [2.24, 2.45) is 0 Å². The van der Waals surface area contributed by atoms with Gasteiger partial charge in [0, 0.05) is 18.7 Å². The van der Waals surface area contributed by atoms with Gasteiger partial charge in [0.2, 0.25) is 0 Å². The van der Waals surface area contributed by atoms with E-state index in [0.717, 1.165) is 30.5 Å². The summed E-state index contributed by atoms with van der Waals surface area (Å²) < 4.78 is 15.1. The topological polar surface area (TPSA) is 29.9 Å². The highest BCUT2D eigenvalue weighted by Gasteiger charge is 2.13. The lowest BCUT2D eigenvalue weighted by Gasteiger charge is -2.16. The monoisotopic (exact) mass is 289 g/mol. The third kappa shape index (κ3) is 3.91. The van der Waals surface area contributed by atoms with Crippen molar-refractivity contribution >= 4 is 0 Å². The lowest BCUT2D eigenvalue weighted by Crippen LogP contribution is -2.19. The minimum Gasteiger partial charge on any atom is -0.313 e. The highest BCUT2D eigenvalue weighted by molar-refractivity contribution is 5.21. The fraction of sp³-hybridized carbons (Fsp3) is 0.471. The molecule has 1 heterocycles. The van der Waals surface area contributed by atoms with Crippen LogP contribution in [0.25, 0.3) is 0 Å². The third-order valence-corrected chi connectivity index (χ3v) is 4.01. The second-order valence-electron chi connectivity index (χ2n) is 5.35. The Bertz CT molecular complexity index is 543. The fourth-order valence-corrected chi connectivity index (χ4v) is 2.64. The van der Waals surface area contributed by atoms with Crippen molar-refractivity contribution in [3.8, 4) is 0 Å². The van der Waals surface area contributed by atoms with Gasteiger partial charge in [-0.15, -0.1) is 0 Å². The second kappa shape index (κ2) is 7.36. The van der Waals surface area contributed by atoms with Gasteiger partial charge >= 0.3 is 0 Å². The third-order valence-electron chi connectivity index (χ3n) is 4.01. The van der Waals surface area contributed by atoms with Crippen LogP contribution in [0.2, 0.25) is 0 Å². The van der Waals surface area contributed by atoms with E-state index in [1.807, 2.05) is 19.2 Å². The first-order valence-electron chi connectivity index (χ1n) is 7.64. The molecule has 0 aliphatic heterocycles. The summed E-state index contributed by atoms with van der Waals surface area (Å²) in [6, 6.07) is 9.35. The molecular weight excluding hydrogens is 265 g/mol. The molecule has 1 aromatic carbocycles. The van der Waals surface area contributed by atoms with Crippen molar-refractivity contribution in [3.63, 3.8) is 0 Å². The van der Waals surface area contributed by atoms with Crippen molar-refractivity contribution in [3.05, 3.63) is 53.6 Å². The van der Waals surface area contributed by atoms with E-state index in [4.69, 9.17) is 0 Å². The number of halogens is 1. The summed E-state index contributed by atoms with van der Waals surface area (Å²) in [6.07, 6.45) is 5.04. The van der Waals surface area contributed by atoms with Crippen LogP contribution in [0.5, 0.6) is 0 Å². The first-order valence-corrected chi connectivity index (χ1v) is 7.64. The summed E-state index contributed by atoms with van der Waals surface area (Å²) in [4.78, 5) is 0. The smallest absolute Gasteiger partial charge is 0.123 e. The number of nitrogens with one attached hydrogen (secondary N) is 1. The first kappa shape index (κ1) is 15.7. The molecule has 0 fully saturated rings. The molecule has 2 rings (SSSR count). The van der Waals surface area contributed by atoms with Crippen molar-refractivity contribution in [1.82, 2.24) is 15.1 Å². The average Bonchev–Trinajstić information content (AvgIpc) is 2.96. The van der Waals surface area contributed by atoms with Crippen LogP contribution in [0, 0.1) is 5.82 Å². The molecule has 0 aliphatic rings. The number of aromatic nitrogens is 2. The van der Waals surface area contributed by atoms with Gasteiger partial charge < -0.3 is 5.32 Å². The predicted octanol–water partition coefficient (Wildman–Crippen LogP) is 3.89. The van der Waals surface area contributed by atoms with Crippen molar-refractivity contribution in [2.45, 2.75) is 45.2 Å². The van der Waals surface area contributed by atoms with E-state index in [1.165, 1.54) is 12.1 Å². The fourth-order valence-electron chi connectivity index (χ4n) is 2.64. The van der Waals surface area contributed by atoms with Gasteiger partial charge in [-0.25, -0.2) is 4.39 Å². The molecule has 1 atom stereocenters. The van der Waals surface area contributed by atoms with Gasteiger partial charge in [-0.05, 0) is 43.7 Å². The molecule has 0 saturated heterocycles. The van der Waals surface area contributed by atoms with Crippen LogP contribution in [0.4, 0.5) is 4.39 Å². The lowest BCUT2D eigenvalue weighted by molar-refractivity contribution is 0.423. The van der Waals surface area contributed by atoms with E-state index in [2.05, 4.69) is 41.2 Å². The lowest BCUT2D eigenvalue weighted by atomic mass is 10.0. The molecule has 1 N–H and O–H groups in total. The quantitative estimate of drug-likeness (QED) is 0.838. The van der Waals surface area contributed by atoms with Gasteiger partial charge in [-0.3, -0.25) is 4.68 Å². The summed E-state index contributed by atoms with van der Waals surface area (Å²) >= 11 is 0. The normalized spacial score (nSPS) is 12.8. The maximum Gasteiger partial charge on any atom is 0.123 e. The maximum atomic E-state index is 13.0. The number of hydrogen-bond donors (Lipinski definition) is 1. The highest BCUT2D eigenvalue weighted by Crippen LogP contribution is 2.20. The van der Waals surface area contributed by atoms with E-state index >= 15 is 0 Å². The van der Waals surface area contributed by atoms with E-state index < -0.39 is 0 Å². The summed E-state index contributed by atoms with van der Waals surface area (Å²) in [6.45, 7) is 4.37. The summed E-state index contributed by atoms with van der Waals surface area (Å²) in [5.41, 5.74) is 2.14. The molecular formula is C17H24FN3. The Hall–Kier alpha value is -1.68. The first-order chi connectivity index (χ1) is 10.2. The molecule has 0 aliphatic carbocycles. The Morgan fingerprint density at radius 1 is 1.14 bits per heavy atom. The SMILES string of the molecule is CCC(CC)n1ccc(CC(NC)c2ccc(F)cc2)n1. The minimum absolute atomic E-state index is 0.149. The average molecular weight is 289 g/mol. The Kier molecular flexibility index (Phi) is 5.51. The Morgan fingerprint density at radius 3 is 2.38 bits per heavy atom. The molecule has 0 saturated carbocycles. The van der Waals surface area contributed by atoms with Crippen LogP contribution < -0.4 is 5.32 Å². The van der Waals surface area contributed by atoms with Crippen molar-refractivity contribution in [2.75, 3.05) is 7.05 Å². The Balaban J connectivity index is 2.10. The van der Waals surface area contributed by atoms with Gasteiger partial charge in [0.1, 0.15) is 5.82 Å². The molecule has 0 spiro atoms. The van der Waals surface area contributed by atoms with Crippen LogP contribution in [0.15, 0.2) is 36.5 Å². The molecule has 2 aromatic rings. The summed E-state index contributed by atoms with van der Waals surface area (Å²) in [5, 5.41) is 7.97. The zero-order valence-electron chi connectivity index (χ0n) is 13.0. The van der Waals surface area contributed by atoms with E-state index in [9.17, 15) is 4.39 Å². The molecule has 114 valence electrons. The van der Waals surface area contributed by atoms with E-state index in [-0.39, 0.29) is 11.9 Å². The van der Waals surface area contributed by atoms with E-state index in [1.54, 1.807) is 0 Å². The number of likely N-dealkylation sites (N-methyl/N-ethyl adjacent to an activating group) is 1. The Labute approximate surface area is 126 Å². The van der Waals surface area contributed by atoms with Crippen LogP contribution in [-0.2, 0) is 6.42 Å². The molecule has 0 bridgehead atoms. The van der Waals surface area contributed by atoms with Crippen molar-refractivity contribution < 1.29 is 4.39 Å². The van der Waals surface area contributed by atoms with Crippen LogP contribution in [0.3, 0.4) is 0 Å². The number of nitrogens with zero attached hydrogens (tertiary/aromatic N) is 2. The van der Waals surface area contributed by atoms with Crippen LogP contribution in [0.1, 0.15) is 50.0 Å². The molecule has 4 heteroatoms. The van der Waals surface area contributed by atoms with Crippen LogP contribution >= 0.6 is 0 Å². The van der Waals surface area contributed by atoms with Gasteiger partial charge in [0.25, 0.3) is 0 Å². The molecule has 0 radical (unpaired) electrons. The highest BCUT2D eigenvalue weighted by atomic mass is 19.1. The molecule has 3 nitrogen and oxygen atoms in total. The molecule has 0 amide bonds. The van der Waals surface area contributed by atoms with Gasteiger partial charge in [-0.2, -0.15) is 5.10 Å². The molecule has 1 aromatic heterocycles. The standard InChI is InChI=1S/C17H24FN3/c1-4-16(5-2)21-11-10-15(20-21)12-17(19-3)13-6-8-14(18)9-7-13/h6-11,16-17,19H,4-5,12H2,1-3H3. The van der Waals surface area contributed by atoms with Gasteiger partial charge in [-0.1, -0.05) is 26.0 Å². The minimum atomic E-state index is -0.202. The maximum absolute atomic E-state index is 13.0. The summed E-state index contributed by atoms with van der Waals surface area (Å²) in [5.74, 6) is -0.202. The zero-order valence-corrected chi connectivity index (χ0v) is 13.0. The van der Waals surface area contributed by atoms with Gasteiger partial charge in [0.15, 0.2) is 0 Å². The number of hydrogen-bond acceptors (Lipinski definition) is 2. The predicted molar refractivity (Wildman–Crippen MR) is 83.8 cm³/mol. The largest absolute Gasteiger partial charge is 0.313 e. The summed E-state index contributed by atoms with van der Waals surface area (Å²) in [7, 11) is 1.92. The number of rotatable bonds is 7. The molecule has 21 heavy (non-hydrogen) atoms. The zero-order chi connectivity index (χ0) is 15.2. The molecule has 1 unspecified atom stereocenters. The van der Waals surface area contributed by atoms with Crippen LogP contribution in [-0.4, -0.2) is 16.8 Å². The Morgan fingerprint density at radius 2 is 1.81 bits per heavy atom. The number of benzene rings is 1. The van der Waals surface area contributed by atoms with Gasteiger partial charge in [0.05, 0.1) is 11.7 Å². The van der Waals surface area contributed by atoms with E-state index in [0.29, 0.717) is 6.04 Å².